The molecular weight excluding hydrogens is 328 g/mol. The molecule has 2 aromatic rings. The first-order chi connectivity index (χ1) is 8.56. The Balaban J connectivity index is 2.16. The monoisotopic (exact) mass is 340 g/mol. The molecule has 0 unspecified atom stereocenters. The number of aryl methyl sites for hydroxylation is 1. The summed E-state index contributed by atoms with van der Waals surface area (Å²) in [6.45, 7) is 2.80. The molecule has 1 aromatic heterocycles. The summed E-state index contributed by atoms with van der Waals surface area (Å²) in [6.07, 6.45) is 0. The van der Waals surface area contributed by atoms with E-state index < -0.39 is 0 Å². The van der Waals surface area contributed by atoms with E-state index in [2.05, 4.69) is 38.8 Å². The maximum atomic E-state index is 5.74. The van der Waals surface area contributed by atoms with Crippen molar-refractivity contribution < 1.29 is 0 Å². The van der Waals surface area contributed by atoms with Gasteiger partial charge in [-0.25, -0.2) is 0 Å². The smallest absolute Gasteiger partial charge is 0.106 e. The van der Waals surface area contributed by atoms with Crippen LogP contribution in [0.2, 0.25) is 0 Å². The molecule has 0 bridgehead atoms. The fourth-order valence-corrected chi connectivity index (χ4v) is 3.20. The molecule has 94 valence electrons. The quantitative estimate of drug-likeness (QED) is 0.824. The second kappa shape index (κ2) is 5.82. The van der Waals surface area contributed by atoms with Gasteiger partial charge in [0, 0.05) is 32.5 Å². The summed E-state index contributed by atoms with van der Waals surface area (Å²) in [6, 6.07) is 8.18. The van der Waals surface area contributed by atoms with E-state index in [1.165, 1.54) is 4.88 Å². The van der Waals surface area contributed by atoms with Gasteiger partial charge >= 0.3 is 0 Å². The van der Waals surface area contributed by atoms with Crippen LogP contribution in [0.25, 0.3) is 0 Å². The molecule has 2 nitrogen and oxygen atoms in total. The standard InChI is InChI=1S/C13H13BrN2S2/c1-8-2-3-12(11(4-8)13(15)17)16-6-10-5-9(14)7-18-10/h2-5,7,16H,6H2,1H3,(H2,15,17). The Bertz CT molecular complexity index is 578. The predicted octanol–water partition coefficient (Wildman–Crippen LogP) is 4.07. The number of halogens is 1. The fourth-order valence-electron chi connectivity index (χ4n) is 1.64. The highest BCUT2D eigenvalue weighted by Crippen LogP contribution is 2.22. The first kappa shape index (κ1) is 13.5. The maximum absolute atomic E-state index is 5.74. The summed E-state index contributed by atoms with van der Waals surface area (Å²) in [5, 5.41) is 5.44. The lowest BCUT2D eigenvalue weighted by Crippen LogP contribution is -2.13. The first-order valence-electron chi connectivity index (χ1n) is 5.43. The highest BCUT2D eigenvalue weighted by atomic mass is 79.9. The number of thiophene rings is 1. The van der Waals surface area contributed by atoms with Crippen LogP contribution in [0.1, 0.15) is 16.0 Å². The van der Waals surface area contributed by atoms with Gasteiger partial charge in [-0.3, -0.25) is 0 Å². The SMILES string of the molecule is Cc1ccc(NCc2cc(Br)cs2)c(C(N)=S)c1. The zero-order chi connectivity index (χ0) is 13.1. The third-order valence-electron chi connectivity index (χ3n) is 2.52. The molecule has 0 amide bonds. The lowest BCUT2D eigenvalue weighted by atomic mass is 10.1. The number of anilines is 1. The zero-order valence-electron chi connectivity index (χ0n) is 9.87. The van der Waals surface area contributed by atoms with E-state index in [-0.39, 0.29) is 0 Å². The average Bonchev–Trinajstić information content (AvgIpc) is 2.73. The molecule has 1 aromatic carbocycles. The molecule has 1 heterocycles. The van der Waals surface area contributed by atoms with Gasteiger partial charge in [-0.15, -0.1) is 11.3 Å². The van der Waals surface area contributed by atoms with Crippen molar-refractivity contribution in [1.29, 1.82) is 0 Å². The van der Waals surface area contributed by atoms with E-state index in [1.807, 2.05) is 19.1 Å². The van der Waals surface area contributed by atoms with E-state index in [0.29, 0.717) is 4.99 Å². The van der Waals surface area contributed by atoms with Crippen molar-refractivity contribution in [3.05, 3.63) is 50.1 Å². The largest absolute Gasteiger partial charge is 0.389 e. The zero-order valence-corrected chi connectivity index (χ0v) is 13.1. The normalized spacial score (nSPS) is 10.3. The Hall–Kier alpha value is -0.910. The Morgan fingerprint density at radius 3 is 2.83 bits per heavy atom. The molecule has 3 N–H and O–H groups in total. The van der Waals surface area contributed by atoms with Gasteiger partial charge in [0.25, 0.3) is 0 Å². The van der Waals surface area contributed by atoms with Crippen LogP contribution in [-0.2, 0) is 6.54 Å². The van der Waals surface area contributed by atoms with Gasteiger partial charge in [0.2, 0.25) is 0 Å². The van der Waals surface area contributed by atoms with E-state index in [1.54, 1.807) is 11.3 Å². The minimum absolute atomic E-state index is 0.425. The van der Waals surface area contributed by atoms with Gasteiger partial charge in [-0.2, -0.15) is 0 Å². The van der Waals surface area contributed by atoms with Crippen LogP contribution in [0, 0.1) is 6.92 Å². The number of hydrogen-bond donors (Lipinski definition) is 2. The number of rotatable bonds is 4. The lowest BCUT2D eigenvalue weighted by molar-refractivity contribution is 1.19. The average molecular weight is 341 g/mol. The van der Waals surface area contributed by atoms with Gasteiger partial charge in [0.15, 0.2) is 0 Å². The van der Waals surface area contributed by atoms with Gasteiger partial charge in [0.05, 0.1) is 0 Å². The molecule has 0 radical (unpaired) electrons. The van der Waals surface area contributed by atoms with Crippen molar-refractivity contribution in [1.82, 2.24) is 0 Å². The molecule has 0 aliphatic carbocycles. The molecule has 0 aliphatic heterocycles. The van der Waals surface area contributed by atoms with Crippen LogP contribution >= 0.6 is 39.5 Å². The maximum Gasteiger partial charge on any atom is 0.106 e. The van der Waals surface area contributed by atoms with Crippen LogP contribution in [0.4, 0.5) is 5.69 Å². The first-order valence-corrected chi connectivity index (χ1v) is 7.51. The van der Waals surface area contributed by atoms with Crippen LogP contribution in [-0.4, -0.2) is 4.99 Å². The second-order valence-electron chi connectivity index (χ2n) is 4.00. The topological polar surface area (TPSA) is 38.0 Å². The Morgan fingerprint density at radius 2 is 2.22 bits per heavy atom. The minimum Gasteiger partial charge on any atom is -0.389 e. The number of hydrogen-bond acceptors (Lipinski definition) is 3. The summed E-state index contributed by atoms with van der Waals surface area (Å²) in [4.78, 5) is 1.69. The molecule has 0 spiro atoms. The molecule has 5 heteroatoms. The Kier molecular flexibility index (Phi) is 4.37. The Labute approximate surface area is 124 Å². The molecule has 18 heavy (non-hydrogen) atoms. The van der Waals surface area contributed by atoms with Crippen LogP contribution in [0.15, 0.2) is 34.1 Å². The molecule has 0 fully saturated rings. The van der Waals surface area contributed by atoms with Gasteiger partial charge < -0.3 is 11.1 Å². The number of nitrogens with one attached hydrogen (secondary N) is 1. The van der Waals surface area contributed by atoms with Gasteiger partial charge in [0.1, 0.15) is 4.99 Å². The van der Waals surface area contributed by atoms with E-state index >= 15 is 0 Å². The summed E-state index contributed by atoms with van der Waals surface area (Å²) < 4.78 is 1.11. The summed E-state index contributed by atoms with van der Waals surface area (Å²) in [7, 11) is 0. The molecule has 0 saturated heterocycles. The third-order valence-corrected chi connectivity index (χ3v) is 4.43. The second-order valence-corrected chi connectivity index (χ2v) is 6.35. The van der Waals surface area contributed by atoms with Gasteiger partial charge in [-0.05, 0) is 41.1 Å². The lowest BCUT2D eigenvalue weighted by Gasteiger charge is -2.11. The van der Waals surface area contributed by atoms with E-state index in [9.17, 15) is 0 Å². The molecule has 0 atom stereocenters. The van der Waals surface area contributed by atoms with Crippen molar-refractivity contribution in [3.8, 4) is 0 Å². The molecular formula is C13H13BrN2S2. The van der Waals surface area contributed by atoms with E-state index in [0.717, 1.165) is 27.8 Å². The summed E-state index contributed by atoms with van der Waals surface area (Å²) >= 11 is 10.2. The van der Waals surface area contributed by atoms with Gasteiger partial charge in [-0.1, -0.05) is 23.8 Å². The third kappa shape index (κ3) is 3.31. The molecule has 0 aliphatic rings. The predicted molar refractivity (Wildman–Crippen MR) is 86.4 cm³/mol. The van der Waals surface area contributed by atoms with Crippen LogP contribution in [0.5, 0.6) is 0 Å². The van der Waals surface area contributed by atoms with Crippen molar-refractivity contribution in [2.45, 2.75) is 13.5 Å². The molecule has 0 saturated carbocycles. The number of benzene rings is 1. The Morgan fingerprint density at radius 1 is 1.44 bits per heavy atom. The van der Waals surface area contributed by atoms with E-state index in [4.69, 9.17) is 18.0 Å². The van der Waals surface area contributed by atoms with Crippen molar-refractivity contribution in [2.24, 2.45) is 5.73 Å². The molecule has 2 rings (SSSR count). The van der Waals surface area contributed by atoms with Crippen molar-refractivity contribution in [3.63, 3.8) is 0 Å². The summed E-state index contributed by atoms with van der Waals surface area (Å²) in [5.74, 6) is 0. The van der Waals surface area contributed by atoms with Crippen molar-refractivity contribution >= 4 is 50.2 Å². The minimum atomic E-state index is 0.425. The van der Waals surface area contributed by atoms with Crippen LogP contribution in [0.3, 0.4) is 0 Å². The number of thiocarbonyl (C=S) groups is 1. The highest BCUT2D eigenvalue weighted by molar-refractivity contribution is 9.10. The van der Waals surface area contributed by atoms with Crippen LogP contribution < -0.4 is 11.1 Å². The fraction of sp³-hybridized carbons (Fsp3) is 0.154. The van der Waals surface area contributed by atoms with Crippen molar-refractivity contribution in [2.75, 3.05) is 5.32 Å². The highest BCUT2D eigenvalue weighted by Gasteiger charge is 2.06. The number of nitrogens with two attached hydrogens (primary N) is 1. The summed E-state index contributed by atoms with van der Waals surface area (Å²) in [5.41, 5.74) is 8.79.